The fourth-order valence-corrected chi connectivity index (χ4v) is 5.25. The van der Waals surface area contributed by atoms with E-state index < -0.39 is 37.3 Å². The Hall–Kier alpha value is -2.54. The second-order valence-corrected chi connectivity index (χ2v) is 10.7. The Morgan fingerprint density at radius 1 is 1.09 bits per heavy atom. The zero-order chi connectivity index (χ0) is 24.5. The normalized spacial score (nSPS) is 14.2. The van der Waals surface area contributed by atoms with Crippen LogP contribution in [0.1, 0.15) is 44.3 Å². The molecule has 0 saturated carbocycles. The van der Waals surface area contributed by atoms with Gasteiger partial charge in [0.15, 0.2) is 12.2 Å². The van der Waals surface area contributed by atoms with E-state index in [0.29, 0.717) is 23.6 Å². The molecule has 2 aromatic rings. The predicted octanol–water partition coefficient (Wildman–Crippen LogP) is 2.69. The number of nitrogens with one attached hydrogen (secondary N) is 1. The Balaban J connectivity index is 2.35. The van der Waals surface area contributed by atoms with E-state index in [1.54, 1.807) is 67.3 Å². The van der Waals surface area contributed by atoms with Crippen molar-refractivity contribution >= 4 is 32.1 Å². The third kappa shape index (κ3) is 8.72. The first-order valence-electron chi connectivity index (χ1n) is 10.4. The van der Waals surface area contributed by atoms with Gasteiger partial charge in [0, 0.05) is 18.6 Å². The molecular formula is C21H30N3O7S2+. The van der Waals surface area contributed by atoms with Gasteiger partial charge in [-0.3, -0.25) is 14.5 Å². The van der Waals surface area contributed by atoms with Crippen molar-refractivity contribution in [2.75, 3.05) is 18.3 Å². The smallest absolute Gasteiger partial charge is 0.274 e. The van der Waals surface area contributed by atoms with Crippen LogP contribution >= 0.6 is 0 Å². The Bertz CT molecular complexity index is 1130. The molecule has 2 atom stereocenters. The highest BCUT2D eigenvalue weighted by molar-refractivity contribution is 7.86. The van der Waals surface area contributed by atoms with Crippen LogP contribution < -0.4 is 14.7 Å². The van der Waals surface area contributed by atoms with Gasteiger partial charge in [0.1, 0.15) is 17.2 Å². The molecule has 0 aliphatic rings. The number of methoxy groups -OCH3 is 1. The third-order valence-corrected chi connectivity index (χ3v) is 7.17. The third-order valence-electron chi connectivity index (χ3n) is 5.05. The van der Waals surface area contributed by atoms with Gasteiger partial charge in [-0.25, -0.2) is 0 Å². The van der Waals surface area contributed by atoms with Gasteiger partial charge in [-0.2, -0.15) is 26.5 Å². The number of hydrogen-bond donors (Lipinski definition) is 3. The van der Waals surface area contributed by atoms with E-state index in [1.807, 2.05) is 0 Å². The van der Waals surface area contributed by atoms with Crippen molar-refractivity contribution in [1.29, 1.82) is 0 Å². The van der Waals surface area contributed by atoms with Gasteiger partial charge in [-0.05, 0) is 43.2 Å². The number of aromatic nitrogens is 1. The van der Waals surface area contributed by atoms with Gasteiger partial charge in [0.05, 0.1) is 18.6 Å². The number of anilines is 1. The summed E-state index contributed by atoms with van der Waals surface area (Å²) in [7, 11) is -7.06. The highest BCUT2D eigenvalue weighted by Gasteiger charge is 2.39. The molecule has 0 fully saturated rings. The number of pyridine rings is 1. The van der Waals surface area contributed by atoms with Gasteiger partial charge < -0.3 is 4.74 Å². The highest BCUT2D eigenvalue weighted by Crippen LogP contribution is 2.23. The first-order chi connectivity index (χ1) is 15.5. The summed E-state index contributed by atoms with van der Waals surface area (Å²) in [6.07, 6.45) is 3.95. The van der Waals surface area contributed by atoms with Crippen molar-refractivity contribution in [1.82, 2.24) is 0 Å². The summed E-state index contributed by atoms with van der Waals surface area (Å²) in [5, 5.41) is 3.06. The fraction of sp³-hybridized carbons (Fsp3) is 0.429. The summed E-state index contributed by atoms with van der Waals surface area (Å²) in [5.41, 5.74) is 4.13. The van der Waals surface area contributed by atoms with E-state index in [-0.39, 0.29) is 19.3 Å². The maximum absolute atomic E-state index is 12.2. The van der Waals surface area contributed by atoms with Crippen LogP contribution in [0.4, 0.5) is 5.69 Å². The van der Waals surface area contributed by atoms with Crippen LogP contribution in [0.3, 0.4) is 0 Å². The number of ether oxygens (including phenoxy) is 1. The molecule has 12 heteroatoms. The van der Waals surface area contributed by atoms with E-state index in [1.165, 1.54) is 6.21 Å². The molecule has 1 heterocycles. The number of hydrazone groups is 1. The van der Waals surface area contributed by atoms with Crippen molar-refractivity contribution in [2.45, 2.75) is 43.9 Å². The van der Waals surface area contributed by atoms with E-state index >= 15 is 0 Å². The molecule has 1 aromatic heterocycles. The molecule has 0 aliphatic carbocycles. The average molecular weight is 501 g/mol. The van der Waals surface area contributed by atoms with E-state index in [4.69, 9.17) is 9.29 Å². The predicted molar refractivity (Wildman–Crippen MR) is 126 cm³/mol. The van der Waals surface area contributed by atoms with Gasteiger partial charge in [0.25, 0.3) is 20.2 Å². The number of rotatable bonds is 13. The number of hydrogen-bond acceptors (Lipinski definition) is 7. The molecule has 1 aromatic carbocycles. The van der Waals surface area contributed by atoms with E-state index in [9.17, 15) is 21.4 Å². The summed E-state index contributed by atoms with van der Waals surface area (Å²) in [5.74, 6) is 0.189. The summed E-state index contributed by atoms with van der Waals surface area (Å²) < 4.78 is 72.4. The molecule has 0 amide bonds. The standard InChI is InChI=1S/C21H29N3O7S2/c1-3-7-21(33(28,29)30)20(9-6-15-32(25,26)27)24-14-5-4-8-18(24)16-22-23-17-10-12-19(31-2)13-11-17/h4-5,8,10-14,16,20-21H,3,6-7,9,15H2,1-2H3,(H2,25,26,27,28,29,30)/p+1. The van der Waals surface area contributed by atoms with Crippen LogP contribution in [0, 0.1) is 0 Å². The lowest BCUT2D eigenvalue weighted by Gasteiger charge is -2.21. The summed E-state index contributed by atoms with van der Waals surface area (Å²) in [4.78, 5) is 0. The van der Waals surface area contributed by atoms with Crippen molar-refractivity contribution in [3.63, 3.8) is 0 Å². The molecule has 0 saturated heterocycles. The minimum Gasteiger partial charge on any atom is -0.497 e. The quantitative estimate of drug-likeness (QED) is 0.165. The lowest BCUT2D eigenvalue weighted by Crippen LogP contribution is -2.51. The molecule has 2 unspecified atom stereocenters. The topological polar surface area (TPSA) is 146 Å². The largest absolute Gasteiger partial charge is 0.497 e. The second-order valence-electron chi connectivity index (χ2n) is 7.47. The van der Waals surface area contributed by atoms with Crippen molar-refractivity contribution in [3.05, 3.63) is 54.4 Å². The monoisotopic (exact) mass is 500 g/mol. The summed E-state index contributed by atoms with van der Waals surface area (Å²) in [6, 6.07) is 11.5. The molecule has 10 nitrogen and oxygen atoms in total. The fourth-order valence-electron chi connectivity index (χ4n) is 3.52. The Kier molecular flexibility index (Phi) is 9.77. The first kappa shape index (κ1) is 26.7. The lowest BCUT2D eigenvalue weighted by atomic mass is 10.0. The molecule has 182 valence electrons. The van der Waals surface area contributed by atoms with Crippen LogP contribution in [-0.4, -0.2) is 50.3 Å². The van der Waals surface area contributed by atoms with Gasteiger partial charge in [0.2, 0.25) is 5.69 Å². The van der Waals surface area contributed by atoms with Crippen LogP contribution in [0.5, 0.6) is 5.75 Å². The average Bonchev–Trinajstić information content (AvgIpc) is 2.75. The Morgan fingerprint density at radius 2 is 1.79 bits per heavy atom. The zero-order valence-corrected chi connectivity index (χ0v) is 20.2. The van der Waals surface area contributed by atoms with Crippen LogP contribution in [-0.2, 0) is 20.2 Å². The molecular weight excluding hydrogens is 470 g/mol. The van der Waals surface area contributed by atoms with Crippen molar-refractivity contribution < 1.29 is 35.2 Å². The SMILES string of the molecule is CCCC(C(CCCS(=O)(=O)O)[n+]1ccccc1C=NNc1ccc(OC)cc1)S(=O)(=O)O. The van der Waals surface area contributed by atoms with Gasteiger partial charge >= 0.3 is 0 Å². The lowest BCUT2D eigenvalue weighted by molar-refractivity contribution is -0.724. The molecule has 0 radical (unpaired) electrons. The maximum Gasteiger partial charge on any atom is 0.274 e. The first-order valence-corrected chi connectivity index (χ1v) is 13.5. The van der Waals surface area contributed by atoms with Crippen molar-refractivity contribution in [2.24, 2.45) is 5.10 Å². The second kappa shape index (κ2) is 12.1. The molecule has 33 heavy (non-hydrogen) atoms. The molecule has 2 rings (SSSR count). The minimum absolute atomic E-state index is 0.0157. The van der Waals surface area contributed by atoms with E-state index in [2.05, 4.69) is 10.5 Å². The maximum atomic E-state index is 12.2. The minimum atomic E-state index is -4.43. The van der Waals surface area contributed by atoms with Crippen LogP contribution in [0.25, 0.3) is 0 Å². The van der Waals surface area contributed by atoms with Gasteiger partial charge in [-0.1, -0.05) is 13.3 Å². The molecule has 0 bridgehead atoms. The van der Waals surface area contributed by atoms with Gasteiger partial charge in [-0.15, -0.1) is 0 Å². The summed E-state index contributed by atoms with van der Waals surface area (Å²) in [6.45, 7) is 1.80. The van der Waals surface area contributed by atoms with Crippen molar-refractivity contribution in [3.8, 4) is 5.75 Å². The highest BCUT2D eigenvalue weighted by atomic mass is 32.2. The van der Waals surface area contributed by atoms with Crippen LogP contribution in [0.15, 0.2) is 53.8 Å². The van der Waals surface area contributed by atoms with Crippen LogP contribution in [0.2, 0.25) is 0 Å². The Morgan fingerprint density at radius 3 is 2.36 bits per heavy atom. The molecule has 0 spiro atoms. The molecule has 0 aliphatic heterocycles. The number of nitrogens with zero attached hydrogens (tertiary/aromatic N) is 2. The Labute approximate surface area is 194 Å². The molecule has 3 N–H and O–H groups in total. The zero-order valence-electron chi connectivity index (χ0n) is 18.5. The van der Waals surface area contributed by atoms with E-state index in [0.717, 1.165) is 0 Å². The number of benzene rings is 1. The summed E-state index contributed by atoms with van der Waals surface area (Å²) >= 11 is 0.